The third-order valence-electron chi connectivity index (χ3n) is 5.21. The Hall–Kier alpha value is -3.94. The second kappa shape index (κ2) is 8.30. The maximum atomic E-state index is 13.2. The van der Waals surface area contributed by atoms with Gasteiger partial charge in [0.2, 0.25) is 0 Å². The number of aryl methyl sites for hydroxylation is 3. The Morgan fingerprint density at radius 2 is 1.88 bits per heavy atom. The molecule has 0 radical (unpaired) electrons. The molecule has 0 aliphatic heterocycles. The fraction of sp³-hybridized carbons (Fsp3) is 0.250. The molecular weight excluding hydrogens is 408 g/mol. The van der Waals surface area contributed by atoms with Gasteiger partial charge in [0.15, 0.2) is 0 Å². The number of carbonyl (C=O) groups excluding carboxylic acids is 2. The van der Waals surface area contributed by atoms with Crippen LogP contribution in [0.4, 0.5) is 0 Å². The Morgan fingerprint density at radius 3 is 2.56 bits per heavy atom. The highest BCUT2D eigenvalue weighted by Crippen LogP contribution is 2.30. The van der Waals surface area contributed by atoms with Crippen molar-refractivity contribution in [2.45, 2.75) is 27.3 Å². The van der Waals surface area contributed by atoms with Crippen molar-refractivity contribution in [1.29, 1.82) is 0 Å². The molecule has 0 aliphatic rings. The lowest BCUT2D eigenvalue weighted by Gasteiger charge is -2.12. The third kappa shape index (κ3) is 3.99. The predicted octanol–water partition coefficient (Wildman–Crippen LogP) is 4.04. The first-order valence-electron chi connectivity index (χ1n) is 10.2. The van der Waals surface area contributed by atoms with Gasteiger partial charge >= 0.3 is 0 Å². The number of furan rings is 1. The van der Waals surface area contributed by atoms with Crippen LogP contribution in [0.3, 0.4) is 0 Å². The van der Waals surface area contributed by atoms with Crippen LogP contribution in [-0.4, -0.2) is 41.0 Å². The standard InChI is InChI=1S/C24H24N4O4/c1-13-9-18(15(3)31-13)20-11-19(21-14(2)27-32-23(21)26-20)22(29)25-12-16-7-6-8-17(10-16)24(30)28(4)5/h6-11H,12H2,1-5H3,(H,25,29). The number of nitrogens with one attached hydrogen (secondary N) is 1. The molecule has 8 heteroatoms. The molecule has 0 atom stereocenters. The molecule has 4 rings (SSSR count). The molecule has 32 heavy (non-hydrogen) atoms. The first-order valence-corrected chi connectivity index (χ1v) is 10.2. The molecule has 3 heterocycles. The number of hydrogen-bond acceptors (Lipinski definition) is 6. The van der Waals surface area contributed by atoms with E-state index in [9.17, 15) is 9.59 Å². The zero-order valence-corrected chi connectivity index (χ0v) is 18.6. The zero-order chi connectivity index (χ0) is 23.0. The highest BCUT2D eigenvalue weighted by atomic mass is 16.5. The summed E-state index contributed by atoms with van der Waals surface area (Å²) in [6.45, 7) is 5.74. The van der Waals surface area contributed by atoms with Gasteiger partial charge in [-0.05, 0) is 50.6 Å². The molecule has 0 bridgehead atoms. The second-order valence-corrected chi connectivity index (χ2v) is 7.91. The normalized spacial score (nSPS) is 11.0. The van der Waals surface area contributed by atoms with Crippen LogP contribution in [-0.2, 0) is 6.54 Å². The summed E-state index contributed by atoms with van der Waals surface area (Å²) < 4.78 is 11.0. The minimum atomic E-state index is -0.285. The van der Waals surface area contributed by atoms with E-state index >= 15 is 0 Å². The summed E-state index contributed by atoms with van der Waals surface area (Å²) in [5.41, 5.74) is 4.05. The van der Waals surface area contributed by atoms with E-state index in [0.717, 1.165) is 16.9 Å². The van der Waals surface area contributed by atoms with Gasteiger partial charge < -0.3 is 19.2 Å². The van der Waals surface area contributed by atoms with Crippen LogP contribution >= 0.6 is 0 Å². The van der Waals surface area contributed by atoms with Crippen molar-refractivity contribution in [2.24, 2.45) is 0 Å². The minimum absolute atomic E-state index is 0.0930. The molecule has 8 nitrogen and oxygen atoms in total. The highest BCUT2D eigenvalue weighted by Gasteiger charge is 2.21. The largest absolute Gasteiger partial charge is 0.466 e. The quantitative estimate of drug-likeness (QED) is 0.511. The number of nitrogens with zero attached hydrogens (tertiary/aromatic N) is 3. The number of fused-ring (bicyclic) bond motifs is 1. The Balaban J connectivity index is 1.65. The summed E-state index contributed by atoms with van der Waals surface area (Å²) in [4.78, 5) is 31.4. The summed E-state index contributed by atoms with van der Waals surface area (Å²) in [6.07, 6.45) is 0. The van der Waals surface area contributed by atoms with E-state index in [4.69, 9.17) is 8.94 Å². The molecule has 0 saturated heterocycles. The van der Waals surface area contributed by atoms with Gasteiger partial charge in [0.1, 0.15) is 11.5 Å². The minimum Gasteiger partial charge on any atom is -0.466 e. The number of benzene rings is 1. The van der Waals surface area contributed by atoms with Crippen LogP contribution in [0.2, 0.25) is 0 Å². The predicted molar refractivity (Wildman–Crippen MR) is 119 cm³/mol. The lowest BCUT2D eigenvalue weighted by Crippen LogP contribution is -2.24. The molecule has 164 valence electrons. The van der Waals surface area contributed by atoms with E-state index < -0.39 is 0 Å². The van der Waals surface area contributed by atoms with Crippen LogP contribution in [0.1, 0.15) is 43.5 Å². The molecule has 2 amide bonds. The molecule has 0 fully saturated rings. The van der Waals surface area contributed by atoms with Crippen molar-refractivity contribution in [3.05, 3.63) is 70.3 Å². The van der Waals surface area contributed by atoms with E-state index in [1.54, 1.807) is 45.3 Å². The van der Waals surface area contributed by atoms with Crippen LogP contribution < -0.4 is 5.32 Å². The van der Waals surface area contributed by atoms with Crippen molar-refractivity contribution in [1.82, 2.24) is 20.4 Å². The highest BCUT2D eigenvalue weighted by molar-refractivity contribution is 6.07. The average molecular weight is 432 g/mol. The van der Waals surface area contributed by atoms with Crippen molar-refractivity contribution >= 4 is 22.9 Å². The van der Waals surface area contributed by atoms with Gasteiger partial charge in [-0.2, -0.15) is 0 Å². The molecule has 1 N–H and O–H groups in total. The fourth-order valence-electron chi connectivity index (χ4n) is 3.65. The first kappa shape index (κ1) is 21.3. The molecule has 3 aromatic heterocycles. The average Bonchev–Trinajstić information content (AvgIpc) is 3.32. The summed E-state index contributed by atoms with van der Waals surface area (Å²) in [6, 6.07) is 10.8. The van der Waals surface area contributed by atoms with Crippen LogP contribution in [0.25, 0.3) is 22.4 Å². The molecular formula is C24H24N4O4. The molecule has 0 unspecified atom stereocenters. The second-order valence-electron chi connectivity index (χ2n) is 7.91. The molecule has 0 spiro atoms. The lowest BCUT2D eigenvalue weighted by molar-refractivity contribution is 0.0827. The van der Waals surface area contributed by atoms with Crippen molar-refractivity contribution < 1.29 is 18.5 Å². The zero-order valence-electron chi connectivity index (χ0n) is 18.6. The fourth-order valence-corrected chi connectivity index (χ4v) is 3.65. The van der Waals surface area contributed by atoms with E-state index in [2.05, 4.69) is 15.5 Å². The van der Waals surface area contributed by atoms with E-state index in [1.807, 2.05) is 26.0 Å². The van der Waals surface area contributed by atoms with Gasteiger partial charge in [0.25, 0.3) is 17.5 Å². The molecule has 0 aliphatic carbocycles. The van der Waals surface area contributed by atoms with Gasteiger partial charge in [-0.3, -0.25) is 9.59 Å². The van der Waals surface area contributed by atoms with Gasteiger partial charge in [0.05, 0.1) is 22.3 Å². The lowest BCUT2D eigenvalue weighted by atomic mass is 10.0. The number of aromatic nitrogens is 2. The summed E-state index contributed by atoms with van der Waals surface area (Å²) in [5, 5.41) is 7.49. The Labute approximate surface area is 185 Å². The smallest absolute Gasteiger partial charge is 0.259 e. The number of hydrogen-bond donors (Lipinski definition) is 1. The maximum Gasteiger partial charge on any atom is 0.259 e. The topological polar surface area (TPSA) is 101 Å². The Kier molecular flexibility index (Phi) is 5.52. The Morgan fingerprint density at radius 1 is 1.09 bits per heavy atom. The van der Waals surface area contributed by atoms with E-state index in [-0.39, 0.29) is 18.4 Å². The number of pyridine rings is 1. The van der Waals surface area contributed by atoms with E-state index in [0.29, 0.717) is 39.4 Å². The number of amides is 2. The number of carbonyl (C=O) groups is 2. The van der Waals surface area contributed by atoms with Crippen LogP contribution in [0, 0.1) is 20.8 Å². The monoisotopic (exact) mass is 432 g/mol. The van der Waals surface area contributed by atoms with Crippen molar-refractivity contribution in [3.63, 3.8) is 0 Å². The van der Waals surface area contributed by atoms with Gasteiger partial charge in [0, 0.05) is 31.8 Å². The Bertz CT molecular complexity index is 1330. The van der Waals surface area contributed by atoms with Crippen molar-refractivity contribution in [2.75, 3.05) is 14.1 Å². The molecule has 0 saturated carbocycles. The maximum absolute atomic E-state index is 13.2. The van der Waals surface area contributed by atoms with Crippen molar-refractivity contribution in [3.8, 4) is 11.3 Å². The van der Waals surface area contributed by atoms with Crippen LogP contribution in [0.5, 0.6) is 0 Å². The number of rotatable bonds is 5. The van der Waals surface area contributed by atoms with Gasteiger partial charge in [-0.25, -0.2) is 4.98 Å². The third-order valence-corrected chi connectivity index (χ3v) is 5.21. The molecule has 1 aromatic carbocycles. The SMILES string of the molecule is Cc1cc(-c2cc(C(=O)NCc3cccc(C(=O)N(C)C)c3)c3c(C)noc3n2)c(C)o1. The molecule has 4 aromatic rings. The van der Waals surface area contributed by atoms with Gasteiger partial charge in [-0.15, -0.1) is 0 Å². The summed E-state index contributed by atoms with van der Waals surface area (Å²) >= 11 is 0. The first-order chi connectivity index (χ1) is 15.2. The van der Waals surface area contributed by atoms with Gasteiger partial charge in [-0.1, -0.05) is 17.3 Å². The summed E-state index contributed by atoms with van der Waals surface area (Å²) in [7, 11) is 3.40. The summed E-state index contributed by atoms with van der Waals surface area (Å²) in [5.74, 6) is 1.09. The van der Waals surface area contributed by atoms with Crippen LogP contribution in [0.15, 0.2) is 45.3 Å². The van der Waals surface area contributed by atoms with E-state index in [1.165, 1.54) is 4.90 Å².